The maximum atomic E-state index is 12.1. The summed E-state index contributed by atoms with van der Waals surface area (Å²) in [6.07, 6.45) is 0.492. The second-order valence-electron chi connectivity index (χ2n) is 4.86. The first-order chi connectivity index (χ1) is 9.15. The Kier molecular flexibility index (Phi) is 3.12. The normalized spacial score (nSPS) is 15.7. The highest BCUT2D eigenvalue weighted by Gasteiger charge is 2.28. The van der Waals surface area contributed by atoms with Crippen LogP contribution in [0.3, 0.4) is 0 Å². The Labute approximate surface area is 116 Å². The molecule has 3 nitrogen and oxygen atoms in total. The van der Waals surface area contributed by atoms with Gasteiger partial charge in [0.25, 0.3) is 0 Å². The van der Waals surface area contributed by atoms with E-state index in [9.17, 15) is 4.79 Å². The van der Waals surface area contributed by atoms with Gasteiger partial charge in [-0.15, -0.1) is 11.3 Å². The minimum absolute atomic E-state index is 0.117. The number of amides is 1. The molecule has 1 amide bonds. The summed E-state index contributed by atoms with van der Waals surface area (Å²) in [5, 5.41) is 0. The lowest BCUT2D eigenvalue weighted by Crippen LogP contribution is -2.34. The van der Waals surface area contributed by atoms with Gasteiger partial charge in [-0.25, -0.2) is 0 Å². The number of fused-ring (bicyclic) bond motifs is 1. The molecule has 98 valence electrons. The van der Waals surface area contributed by atoms with E-state index < -0.39 is 0 Å². The van der Waals surface area contributed by atoms with Crippen LogP contribution in [-0.2, 0) is 11.2 Å². The first-order valence-corrected chi connectivity index (χ1v) is 7.17. The quantitative estimate of drug-likeness (QED) is 0.933. The topological polar surface area (TPSA) is 46.3 Å². The van der Waals surface area contributed by atoms with Gasteiger partial charge in [0.15, 0.2) is 0 Å². The van der Waals surface area contributed by atoms with Gasteiger partial charge in [-0.2, -0.15) is 0 Å². The zero-order valence-corrected chi connectivity index (χ0v) is 11.6. The summed E-state index contributed by atoms with van der Waals surface area (Å²) < 4.78 is 0. The van der Waals surface area contributed by atoms with Crippen molar-refractivity contribution in [3.63, 3.8) is 0 Å². The highest BCUT2D eigenvalue weighted by Crippen LogP contribution is 2.31. The molecule has 4 heteroatoms. The molecule has 0 bridgehead atoms. The number of para-hydroxylation sites is 1. The lowest BCUT2D eigenvalue weighted by molar-refractivity contribution is -0.117. The van der Waals surface area contributed by atoms with Crippen LogP contribution in [0.4, 0.5) is 5.69 Å². The molecule has 0 radical (unpaired) electrons. The van der Waals surface area contributed by atoms with E-state index in [1.165, 1.54) is 4.88 Å². The number of thiophene rings is 1. The van der Waals surface area contributed by atoms with Gasteiger partial charge in [0.05, 0.1) is 12.5 Å². The van der Waals surface area contributed by atoms with E-state index in [-0.39, 0.29) is 11.9 Å². The number of nitrogens with zero attached hydrogens (tertiary/aromatic N) is 1. The van der Waals surface area contributed by atoms with E-state index >= 15 is 0 Å². The molecule has 1 aliphatic rings. The van der Waals surface area contributed by atoms with Crippen LogP contribution in [-0.4, -0.2) is 12.5 Å². The number of nitrogens with two attached hydrogens (primary N) is 1. The molecule has 0 saturated carbocycles. The van der Waals surface area contributed by atoms with Gasteiger partial charge in [-0.1, -0.05) is 18.2 Å². The molecule has 3 rings (SSSR count). The fraction of sp³-hybridized carbons (Fsp3) is 0.267. The Hall–Kier alpha value is -1.65. The maximum absolute atomic E-state index is 12.1. The summed E-state index contributed by atoms with van der Waals surface area (Å²) in [6, 6.07) is 11.9. The Morgan fingerprint density at radius 1 is 1.32 bits per heavy atom. The SMILES string of the molecule is Cc1ccc(C(N)CN2C(=O)Cc3ccccc32)s1. The van der Waals surface area contributed by atoms with Crippen molar-refractivity contribution in [2.45, 2.75) is 19.4 Å². The Balaban J connectivity index is 1.82. The zero-order valence-electron chi connectivity index (χ0n) is 10.8. The molecule has 1 aromatic heterocycles. The van der Waals surface area contributed by atoms with Gasteiger partial charge in [-0.3, -0.25) is 4.79 Å². The summed E-state index contributed by atoms with van der Waals surface area (Å²) in [6.45, 7) is 2.62. The van der Waals surface area contributed by atoms with Crippen molar-refractivity contribution < 1.29 is 4.79 Å². The third-order valence-electron chi connectivity index (χ3n) is 3.43. The third kappa shape index (κ3) is 2.29. The first kappa shape index (κ1) is 12.4. The van der Waals surface area contributed by atoms with Crippen molar-refractivity contribution in [1.29, 1.82) is 0 Å². The van der Waals surface area contributed by atoms with Gasteiger partial charge in [0.1, 0.15) is 0 Å². The van der Waals surface area contributed by atoms with Gasteiger partial charge in [0, 0.05) is 22.0 Å². The van der Waals surface area contributed by atoms with Crippen LogP contribution >= 0.6 is 11.3 Å². The van der Waals surface area contributed by atoms with E-state index in [0.717, 1.165) is 16.1 Å². The first-order valence-electron chi connectivity index (χ1n) is 6.35. The lowest BCUT2D eigenvalue weighted by atomic mass is 10.2. The minimum Gasteiger partial charge on any atom is -0.322 e. The van der Waals surface area contributed by atoms with E-state index in [4.69, 9.17) is 5.73 Å². The third-order valence-corrected chi connectivity index (χ3v) is 4.56. The second-order valence-corrected chi connectivity index (χ2v) is 6.18. The van der Waals surface area contributed by atoms with Crippen LogP contribution in [0.2, 0.25) is 0 Å². The number of aryl methyl sites for hydroxylation is 1. The number of rotatable bonds is 3. The van der Waals surface area contributed by atoms with Crippen LogP contribution in [0.15, 0.2) is 36.4 Å². The van der Waals surface area contributed by atoms with E-state index in [1.54, 1.807) is 11.3 Å². The van der Waals surface area contributed by atoms with Gasteiger partial charge < -0.3 is 10.6 Å². The molecule has 1 aliphatic heterocycles. The molecule has 2 N–H and O–H groups in total. The van der Waals surface area contributed by atoms with Crippen LogP contribution in [0, 0.1) is 6.92 Å². The fourth-order valence-corrected chi connectivity index (χ4v) is 3.33. The van der Waals surface area contributed by atoms with Crippen LogP contribution in [0.25, 0.3) is 0 Å². The van der Waals surface area contributed by atoms with Gasteiger partial charge >= 0.3 is 0 Å². The van der Waals surface area contributed by atoms with Crippen molar-refractivity contribution in [3.05, 3.63) is 51.7 Å². The Morgan fingerprint density at radius 2 is 2.11 bits per heavy atom. The number of benzene rings is 1. The van der Waals surface area contributed by atoms with Gasteiger partial charge in [-0.05, 0) is 30.7 Å². The van der Waals surface area contributed by atoms with E-state index in [2.05, 4.69) is 19.1 Å². The number of hydrogen-bond donors (Lipinski definition) is 1. The highest BCUT2D eigenvalue weighted by molar-refractivity contribution is 7.12. The van der Waals surface area contributed by atoms with Crippen molar-refractivity contribution in [2.24, 2.45) is 5.73 Å². The molecule has 1 unspecified atom stereocenters. The Bertz CT molecular complexity index is 620. The number of carbonyl (C=O) groups excluding carboxylic acids is 1. The molecular formula is C15H16N2OS. The van der Waals surface area contributed by atoms with Crippen LogP contribution in [0.5, 0.6) is 0 Å². The smallest absolute Gasteiger partial charge is 0.231 e. The predicted octanol–water partition coefficient (Wildman–Crippen LogP) is 2.65. The molecule has 1 atom stereocenters. The number of hydrogen-bond acceptors (Lipinski definition) is 3. The lowest BCUT2D eigenvalue weighted by Gasteiger charge is -2.21. The molecule has 0 fully saturated rings. The van der Waals surface area contributed by atoms with E-state index in [1.807, 2.05) is 29.2 Å². The van der Waals surface area contributed by atoms with Crippen LogP contribution < -0.4 is 10.6 Å². The minimum atomic E-state index is -0.117. The maximum Gasteiger partial charge on any atom is 0.231 e. The largest absolute Gasteiger partial charge is 0.322 e. The average molecular weight is 272 g/mol. The van der Waals surface area contributed by atoms with Gasteiger partial charge in [0.2, 0.25) is 5.91 Å². The molecule has 0 saturated heterocycles. The van der Waals surface area contributed by atoms with Crippen molar-refractivity contribution in [3.8, 4) is 0 Å². The molecule has 1 aromatic carbocycles. The molecule has 0 aliphatic carbocycles. The molecule has 19 heavy (non-hydrogen) atoms. The summed E-state index contributed by atoms with van der Waals surface area (Å²) in [5.74, 6) is 0.143. The average Bonchev–Trinajstić information content (AvgIpc) is 2.95. The summed E-state index contributed by atoms with van der Waals surface area (Å²) in [4.78, 5) is 16.3. The molecule has 0 spiro atoms. The summed E-state index contributed by atoms with van der Waals surface area (Å²) in [5.41, 5.74) is 8.33. The molecule has 2 heterocycles. The van der Waals surface area contributed by atoms with Crippen molar-refractivity contribution in [1.82, 2.24) is 0 Å². The monoisotopic (exact) mass is 272 g/mol. The fourth-order valence-electron chi connectivity index (χ4n) is 2.46. The highest BCUT2D eigenvalue weighted by atomic mass is 32.1. The second kappa shape index (κ2) is 4.79. The number of carbonyl (C=O) groups is 1. The van der Waals surface area contributed by atoms with Crippen molar-refractivity contribution in [2.75, 3.05) is 11.4 Å². The van der Waals surface area contributed by atoms with Crippen molar-refractivity contribution >= 4 is 22.9 Å². The van der Waals surface area contributed by atoms with E-state index in [0.29, 0.717) is 13.0 Å². The Morgan fingerprint density at radius 3 is 2.84 bits per heavy atom. The predicted molar refractivity (Wildman–Crippen MR) is 78.5 cm³/mol. The zero-order chi connectivity index (χ0) is 13.4. The molecule has 2 aromatic rings. The molecular weight excluding hydrogens is 256 g/mol. The summed E-state index contributed by atoms with van der Waals surface area (Å²) >= 11 is 1.70. The van der Waals surface area contributed by atoms with Crippen LogP contribution in [0.1, 0.15) is 21.4 Å². The summed E-state index contributed by atoms with van der Waals surface area (Å²) in [7, 11) is 0. The standard InChI is InChI=1S/C15H16N2OS/c1-10-6-7-14(19-10)12(16)9-17-13-5-3-2-4-11(13)8-15(17)18/h2-7,12H,8-9,16H2,1H3. The number of anilines is 1.